The lowest BCUT2D eigenvalue weighted by molar-refractivity contribution is -0.131. The summed E-state index contributed by atoms with van der Waals surface area (Å²) < 4.78 is 4.88. The van der Waals surface area contributed by atoms with Gasteiger partial charge in [0.05, 0.1) is 6.61 Å². The molecule has 1 atom stereocenters. The van der Waals surface area contributed by atoms with Crippen LogP contribution in [0.3, 0.4) is 0 Å². The van der Waals surface area contributed by atoms with Gasteiger partial charge in [-0.15, -0.1) is 12.4 Å². The molecule has 0 fully saturated rings. The molecule has 0 bridgehead atoms. The number of carbonyl (C=O) groups excluding carboxylic acids is 1. The van der Waals surface area contributed by atoms with Gasteiger partial charge in [-0.25, -0.2) is 0 Å². The lowest BCUT2D eigenvalue weighted by Gasteiger charge is -2.08. The Morgan fingerprint density at radius 2 is 2.00 bits per heavy atom. The highest BCUT2D eigenvalue weighted by Gasteiger charge is 2.03. The highest BCUT2D eigenvalue weighted by Crippen LogP contribution is 2.13. The van der Waals surface area contributed by atoms with Crippen LogP contribution in [-0.2, 0) is 11.2 Å². The molecule has 0 aliphatic heterocycles. The number of halogens is 1. The van der Waals surface area contributed by atoms with Crippen molar-refractivity contribution < 1.29 is 14.6 Å². The minimum atomic E-state index is -0.338. The first-order chi connectivity index (χ1) is 7.11. The quantitative estimate of drug-likeness (QED) is 0.611. The predicted molar refractivity (Wildman–Crippen MR) is 63.8 cm³/mol. The van der Waals surface area contributed by atoms with E-state index < -0.39 is 0 Å². The molecule has 1 aromatic rings. The maximum absolute atomic E-state index is 10.6. The van der Waals surface area contributed by atoms with Gasteiger partial charge in [0.2, 0.25) is 0 Å². The van der Waals surface area contributed by atoms with Crippen LogP contribution in [0.15, 0.2) is 24.3 Å². The molecule has 0 saturated carbocycles. The molecule has 0 amide bonds. The summed E-state index contributed by atoms with van der Waals surface area (Å²) in [6.07, 6.45) is 0.608. The smallest absolute Gasteiger partial charge is 0.308 e. The second kappa shape index (κ2) is 7.22. The van der Waals surface area contributed by atoms with E-state index in [4.69, 9.17) is 15.6 Å². The van der Waals surface area contributed by atoms with Crippen LogP contribution in [-0.4, -0.2) is 23.7 Å². The van der Waals surface area contributed by atoms with E-state index in [1.807, 2.05) is 12.1 Å². The summed E-state index contributed by atoms with van der Waals surface area (Å²) in [6, 6.07) is 6.83. The lowest BCUT2D eigenvalue weighted by Crippen LogP contribution is -2.26. The van der Waals surface area contributed by atoms with Crippen LogP contribution in [0.5, 0.6) is 5.75 Å². The second-order valence-corrected chi connectivity index (χ2v) is 3.38. The molecule has 1 rings (SSSR count). The van der Waals surface area contributed by atoms with Crippen molar-refractivity contribution in [3.8, 4) is 5.75 Å². The zero-order valence-corrected chi connectivity index (χ0v) is 9.87. The number of ether oxygens (including phenoxy) is 1. The van der Waals surface area contributed by atoms with Gasteiger partial charge in [0, 0.05) is 13.0 Å². The van der Waals surface area contributed by atoms with Crippen LogP contribution in [0.25, 0.3) is 0 Å². The van der Waals surface area contributed by atoms with Crippen molar-refractivity contribution in [1.29, 1.82) is 0 Å². The summed E-state index contributed by atoms with van der Waals surface area (Å²) >= 11 is 0. The van der Waals surface area contributed by atoms with Crippen LogP contribution >= 0.6 is 12.4 Å². The molecule has 0 heterocycles. The Kier molecular flexibility index (Phi) is 6.72. The third kappa shape index (κ3) is 5.11. The number of esters is 1. The summed E-state index contributed by atoms with van der Waals surface area (Å²) in [4.78, 5) is 10.6. The van der Waals surface area contributed by atoms with E-state index in [1.165, 1.54) is 6.92 Å². The topological polar surface area (TPSA) is 72.5 Å². The molecule has 1 unspecified atom stereocenters. The van der Waals surface area contributed by atoms with Gasteiger partial charge in [-0.1, -0.05) is 12.1 Å². The normalized spacial score (nSPS) is 11.4. The molecule has 4 nitrogen and oxygen atoms in total. The summed E-state index contributed by atoms with van der Waals surface area (Å²) in [5.41, 5.74) is 6.60. The van der Waals surface area contributed by atoms with E-state index in [1.54, 1.807) is 12.1 Å². The Bertz CT molecular complexity index is 327. The number of carbonyl (C=O) groups is 1. The van der Waals surface area contributed by atoms with Crippen molar-refractivity contribution in [3.63, 3.8) is 0 Å². The van der Waals surface area contributed by atoms with Crippen LogP contribution in [0.1, 0.15) is 12.5 Å². The number of aliphatic hydroxyl groups is 1. The fraction of sp³-hybridized carbons (Fsp3) is 0.364. The van der Waals surface area contributed by atoms with Gasteiger partial charge in [0.25, 0.3) is 0 Å². The van der Waals surface area contributed by atoms with Gasteiger partial charge in [-0.3, -0.25) is 4.79 Å². The number of hydrogen-bond acceptors (Lipinski definition) is 4. The van der Waals surface area contributed by atoms with E-state index >= 15 is 0 Å². The largest absolute Gasteiger partial charge is 0.427 e. The third-order valence-electron chi connectivity index (χ3n) is 1.92. The summed E-state index contributed by atoms with van der Waals surface area (Å²) in [5.74, 6) is 0.179. The average Bonchev–Trinajstić information content (AvgIpc) is 2.20. The number of aliphatic hydroxyl groups excluding tert-OH is 1. The van der Waals surface area contributed by atoms with Crippen LogP contribution in [0.2, 0.25) is 0 Å². The Labute approximate surface area is 101 Å². The Morgan fingerprint density at radius 3 is 2.44 bits per heavy atom. The van der Waals surface area contributed by atoms with E-state index in [0.717, 1.165) is 5.56 Å². The lowest BCUT2D eigenvalue weighted by atomic mass is 10.1. The van der Waals surface area contributed by atoms with Crippen molar-refractivity contribution in [1.82, 2.24) is 0 Å². The first-order valence-electron chi connectivity index (χ1n) is 4.75. The number of benzene rings is 1. The van der Waals surface area contributed by atoms with E-state index in [9.17, 15) is 4.79 Å². The molecule has 5 heteroatoms. The highest BCUT2D eigenvalue weighted by molar-refractivity contribution is 5.85. The molecule has 90 valence electrons. The first-order valence-corrected chi connectivity index (χ1v) is 4.75. The maximum Gasteiger partial charge on any atom is 0.308 e. The highest BCUT2D eigenvalue weighted by atomic mass is 35.5. The summed E-state index contributed by atoms with van der Waals surface area (Å²) in [5, 5.41) is 8.78. The van der Waals surface area contributed by atoms with Gasteiger partial charge < -0.3 is 15.6 Å². The van der Waals surface area contributed by atoms with E-state index in [-0.39, 0.29) is 31.0 Å². The molecule has 1 aromatic carbocycles. The molecule has 16 heavy (non-hydrogen) atoms. The van der Waals surface area contributed by atoms with E-state index in [2.05, 4.69) is 0 Å². The van der Waals surface area contributed by atoms with Crippen molar-refractivity contribution in [2.75, 3.05) is 6.61 Å². The zero-order valence-electron chi connectivity index (χ0n) is 9.05. The Morgan fingerprint density at radius 1 is 1.44 bits per heavy atom. The predicted octanol–water partition coefficient (Wildman–Crippen LogP) is 0.896. The molecule has 3 N–H and O–H groups in total. The van der Waals surface area contributed by atoms with Crippen LogP contribution in [0.4, 0.5) is 0 Å². The Hall–Kier alpha value is -1.10. The van der Waals surface area contributed by atoms with Crippen molar-refractivity contribution in [2.24, 2.45) is 5.73 Å². The minimum absolute atomic E-state index is 0. The monoisotopic (exact) mass is 245 g/mol. The van der Waals surface area contributed by atoms with Gasteiger partial charge >= 0.3 is 5.97 Å². The van der Waals surface area contributed by atoms with Crippen LogP contribution < -0.4 is 10.5 Å². The molecule has 0 aromatic heterocycles. The SMILES string of the molecule is CC(=O)Oc1ccc(CC(N)CO)cc1.Cl. The van der Waals surface area contributed by atoms with Crippen molar-refractivity contribution in [2.45, 2.75) is 19.4 Å². The number of nitrogens with two attached hydrogens (primary N) is 1. The molecule has 0 aliphatic carbocycles. The van der Waals surface area contributed by atoms with Crippen molar-refractivity contribution in [3.05, 3.63) is 29.8 Å². The number of rotatable bonds is 4. The maximum atomic E-state index is 10.6. The van der Waals surface area contributed by atoms with Crippen molar-refractivity contribution >= 4 is 18.4 Å². The molecular formula is C11H16ClNO3. The fourth-order valence-corrected chi connectivity index (χ4v) is 1.23. The number of hydrogen-bond donors (Lipinski definition) is 2. The van der Waals surface area contributed by atoms with E-state index in [0.29, 0.717) is 12.2 Å². The third-order valence-corrected chi connectivity index (χ3v) is 1.92. The second-order valence-electron chi connectivity index (χ2n) is 3.38. The standard InChI is InChI=1S/C11H15NO3.ClH/c1-8(14)15-11-4-2-9(3-5-11)6-10(12)7-13;/h2-5,10,13H,6-7,12H2,1H3;1H. The average molecular weight is 246 g/mol. The van der Waals surface area contributed by atoms with Crippen LogP contribution in [0, 0.1) is 0 Å². The van der Waals surface area contributed by atoms with Gasteiger partial charge in [-0.05, 0) is 24.1 Å². The summed E-state index contributed by atoms with van der Waals surface area (Å²) in [7, 11) is 0. The molecule has 0 spiro atoms. The molecule has 0 radical (unpaired) electrons. The zero-order chi connectivity index (χ0) is 11.3. The molecular weight excluding hydrogens is 230 g/mol. The minimum Gasteiger partial charge on any atom is -0.427 e. The van der Waals surface area contributed by atoms with Gasteiger partial charge in [0.1, 0.15) is 5.75 Å². The molecule has 0 saturated heterocycles. The van der Waals surface area contributed by atoms with Gasteiger partial charge in [0.15, 0.2) is 0 Å². The molecule has 0 aliphatic rings. The summed E-state index contributed by atoms with van der Waals surface area (Å²) in [6.45, 7) is 1.32. The fourth-order valence-electron chi connectivity index (χ4n) is 1.23. The first kappa shape index (κ1) is 14.9. The Balaban J connectivity index is 0.00000225. The van der Waals surface area contributed by atoms with Gasteiger partial charge in [-0.2, -0.15) is 0 Å².